The first-order chi connectivity index (χ1) is 5.33. The summed E-state index contributed by atoms with van der Waals surface area (Å²) in [5.74, 6) is 1.04. The maximum Gasteiger partial charge on any atom is 0.0974 e. The van der Waals surface area contributed by atoms with Crippen molar-refractivity contribution in [3.8, 4) is 0 Å². The highest BCUT2D eigenvalue weighted by Gasteiger charge is 2.04. The van der Waals surface area contributed by atoms with Crippen molar-refractivity contribution in [2.45, 2.75) is 12.8 Å². The van der Waals surface area contributed by atoms with Crippen molar-refractivity contribution in [2.75, 3.05) is 11.9 Å². The molecule has 1 rings (SSSR count). The average molecular weight is 238 g/mol. The molecule has 0 amide bonds. The van der Waals surface area contributed by atoms with Gasteiger partial charge in [-0.05, 0) is 18.6 Å². The molecule has 0 N–H and O–H groups in total. The van der Waals surface area contributed by atoms with E-state index in [9.17, 15) is 0 Å². The molecule has 62 valence electrons. The fourth-order valence-electron chi connectivity index (χ4n) is 0.883. The zero-order valence-corrected chi connectivity index (χ0v) is 8.49. The van der Waals surface area contributed by atoms with Crippen LogP contribution in [0.15, 0.2) is 22.9 Å². The Hall–Kier alpha value is 0.0500. The topological polar surface area (TPSA) is 9.23 Å². The molecular formula is C8H10BrClO. The molecule has 0 aromatic rings. The van der Waals surface area contributed by atoms with Gasteiger partial charge in [0.05, 0.1) is 12.4 Å². The first-order valence-electron chi connectivity index (χ1n) is 3.57. The fraction of sp³-hybridized carbons (Fsp3) is 0.500. The van der Waals surface area contributed by atoms with E-state index in [1.165, 1.54) is 0 Å². The van der Waals surface area contributed by atoms with E-state index in [1.54, 1.807) is 0 Å². The van der Waals surface area contributed by atoms with Crippen LogP contribution in [0.4, 0.5) is 0 Å². The van der Waals surface area contributed by atoms with Crippen LogP contribution in [0.3, 0.4) is 0 Å². The van der Waals surface area contributed by atoms with E-state index in [1.807, 2.05) is 12.2 Å². The summed E-state index contributed by atoms with van der Waals surface area (Å²) < 4.78 is 5.39. The van der Waals surface area contributed by atoms with Crippen molar-refractivity contribution < 1.29 is 4.74 Å². The second kappa shape index (κ2) is 4.83. The van der Waals surface area contributed by atoms with Crippen LogP contribution in [0.1, 0.15) is 12.8 Å². The van der Waals surface area contributed by atoms with Gasteiger partial charge in [-0.3, -0.25) is 0 Å². The van der Waals surface area contributed by atoms with E-state index < -0.39 is 0 Å². The molecule has 0 bridgehead atoms. The summed E-state index contributed by atoms with van der Waals surface area (Å²) >= 11 is 9.06. The molecule has 0 unspecified atom stereocenters. The van der Waals surface area contributed by atoms with E-state index in [2.05, 4.69) is 15.9 Å². The van der Waals surface area contributed by atoms with E-state index >= 15 is 0 Å². The Bertz CT molecular complexity index is 187. The number of hydrogen-bond donors (Lipinski definition) is 0. The second-order valence-corrected chi connectivity index (χ2v) is 3.56. The van der Waals surface area contributed by atoms with Crippen LogP contribution in [0.5, 0.6) is 0 Å². The summed E-state index contributed by atoms with van der Waals surface area (Å²) in [6.45, 7) is 0.733. The number of halogens is 2. The van der Waals surface area contributed by atoms with Crippen LogP contribution in [0.2, 0.25) is 0 Å². The van der Waals surface area contributed by atoms with Crippen molar-refractivity contribution in [3.63, 3.8) is 0 Å². The molecule has 0 aromatic carbocycles. The van der Waals surface area contributed by atoms with Gasteiger partial charge >= 0.3 is 0 Å². The fourth-order valence-corrected chi connectivity index (χ4v) is 1.20. The minimum absolute atomic E-state index is 0.733. The number of alkyl halides is 1. The van der Waals surface area contributed by atoms with E-state index in [0.717, 1.165) is 35.6 Å². The first kappa shape index (κ1) is 9.14. The number of ether oxygens (including phenoxy) is 1. The van der Waals surface area contributed by atoms with Gasteiger partial charge in [-0.25, -0.2) is 0 Å². The van der Waals surface area contributed by atoms with Gasteiger partial charge in [-0.1, -0.05) is 27.5 Å². The highest BCUT2D eigenvalue weighted by molar-refractivity contribution is 9.09. The molecule has 11 heavy (non-hydrogen) atoms. The smallest absolute Gasteiger partial charge is 0.0974 e. The molecular weight excluding hydrogens is 227 g/mol. The van der Waals surface area contributed by atoms with Gasteiger partial charge in [0.2, 0.25) is 0 Å². The van der Waals surface area contributed by atoms with Gasteiger partial charge in [0.15, 0.2) is 0 Å². The van der Waals surface area contributed by atoms with Gasteiger partial charge in [0.1, 0.15) is 0 Å². The van der Waals surface area contributed by atoms with Gasteiger partial charge in [0, 0.05) is 16.8 Å². The van der Waals surface area contributed by atoms with E-state index in [0.29, 0.717) is 0 Å². The van der Waals surface area contributed by atoms with Crippen LogP contribution in [0, 0.1) is 0 Å². The molecule has 0 saturated carbocycles. The summed E-state index contributed by atoms with van der Waals surface area (Å²) in [5.41, 5.74) is 0. The Morgan fingerprint density at radius 1 is 1.45 bits per heavy atom. The third-order valence-corrected chi connectivity index (χ3v) is 2.06. The molecule has 0 radical (unpaired) electrons. The third-order valence-electron chi connectivity index (χ3n) is 1.42. The van der Waals surface area contributed by atoms with Gasteiger partial charge in [-0.2, -0.15) is 0 Å². The van der Waals surface area contributed by atoms with E-state index in [4.69, 9.17) is 16.3 Å². The van der Waals surface area contributed by atoms with Crippen LogP contribution in [-0.2, 0) is 4.74 Å². The molecule has 1 aliphatic rings. The summed E-state index contributed by atoms with van der Waals surface area (Å²) in [4.78, 5) is 0. The summed E-state index contributed by atoms with van der Waals surface area (Å²) in [7, 11) is 0. The Balaban J connectivity index is 2.35. The Morgan fingerprint density at radius 3 is 2.82 bits per heavy atom. The monoisotopic (exact) mass is 236 g/mol. The highest BCUT2D eigenvalue weighted by Crippen LogP contribution is 2.21. The largest absolute Gasteiger partial charge is 0.497 e. The average Bonchev–Trinajstić information content (AvgIpc) is 2.04. The molecule has 1 aliphatic carbocycles. The highest BCUT2D eigenvalue weighted by atomic mass is 79.9. The standard InChI is InChI=1S/C8H10BrClO/c9-5-6-11-8-3-1-7(10)2-4-8/h1,3H,2,4-6H2. The maximum absolute atomic E-state index is 5.77. The lowest BCUT2D eigenvalue weighted by Crippen LogP contribution is -1.98. The lowest BCUT2D eigenvalue weighted by Gasteiger charge is -2.11. The molecule has 3 heteroatoms. The Morgan fingerprint density at radius 2 is 2.27 bits per heavy atom. The van der Waals surface area contributed by atoms with Crippen molar-refractivity contribution in [1.82, 2.24) is 0 Å². The number of rotatable bonds is 3. The molecule has 0 spiro atoms. The summed E-state index contributed by atoms with van der Waals surface area (Å²) in [5, 5.41) is 1.79. The molecule has 0 fully saturated rings. The molecule has 1 nitrogen and oxygen atoms in total. The molecule has 0 saturated heterocycles. The van der Waals surface area contributed by atoms with Crippen LogP contribution in [0.25, 0.3) is 0 Å². The van der Waals surface area contributed by atoms with Crippen molar-refractivity contribution in [3.05, 3.63) is 22.9 Å². The minimum atomic E-state index is 0.733. The van der Waals surface area contributed by atoms with Gasteiger partial charge in [-0.15, -0.1) is 0 Å². The Kier molecular flexibility index (Phi) is 4.02. The summed E-state index contributed by atoms with van der Waals surface area (Å²) in [6.07, 6.45) is 5.68. The predicted molar refractivity (Wildman–Crippen MR) is 51.0 cm³/mol. The molecule has 0 heterocycles. The van der Waals surface area contributed by atoms with Crippen LogP contribution >= 0.6 is 27.5 Å². The quantitative estimate of drug-likeness (QED) is 0.685. The van der Waals surface area contributed by atoms with Crippen molar-refractivity contribution in [1.29, 1.82) is 0 Å². The second-order valence-electron chi connectivity index (χ2n) is 2.28. The van der Waals surface area contributed by atoms with Crippen LogP contribution in [-0.4, -0.2) is 11.9 Å². The summed E-state index contributed by atoms with van der Waals surface area (Å²) in [6, 6.07) is 0. The molecule has 0 aromatic heterocycles. The lowest BCUT2D eigenvalue weighted by molar-refractivity contribution is 0.221. The zero-order valence-electron chi connectivity index (χ0n) is 6.15. The minimum Gasteiger partial charge on any atom is -0.497 e. The molecule has 0 aliphatic heterocycles. The lowest BCUT2D eigenvalue weighted by atomic mass is 10.1. The van der Waals surface area contributed by atoms with Crippen molar-refractivity contribution in [2.24, 2.45) is 0 Å². The van der Waals surface area contributed by atoms with Crippen LogP contribution < -0.4 is 0 Å². The van der Waals surface area contributed by atoms with E-state index in [-0.39, 0.29) is 0 Å². The zero-order chi connectivity index (χ0) is 8.10. The number of allylic oxidation sites excluding steroid dienone is 4. The van der Waals surface area contributed by atoms with Crippen molar-refractivity contribution >= 4 is 27.5 Å². The SMILES string of the molecule is ClC1=CC=C(OCCBr)CC1. The van der Waals surface area contributed by atoms with Gasteiger partial charge in [0.25, 0.3) is 0 Å². The first-order valence-corrected chi connectivity index (χ1v) is 5.07. The Labute approximate surface area is 80.2 Å². The maximum atomic E-state index is 5.77. The normalized spacial score (nSPS) is 17.3. The number of hydrogen-bond acceptors (Lipinski definition) is 1. The predicted octanol–water partition coefficient (Wildman–Crippen LogP) is 3.20. The molecule has 0 atom stereocenters. The van der Waals surface area contributed by atoms with Gasteiger partial charge < -0.3 is 4.74 Å². The third kappa shape index (κ3) is 3.30.